The van der Waals surface area contributed by atoms with Gasteiger partial charge in [0.05, 0.1) is 0 Å². The van der Waals surface area contributed by atoms with E-state index in [4.69, 9.17) is 5.26 Å². The van der Waals surface area contributed by atoms with Gasteiger partial charge in [0.25, 0.3) is 5.91 Å². The van der Waals surface area contributed by atoms with E-state index in [1.165, 1.54) is 0 Å². The molecular weight excluding hydrogens is 266 g/mol. The van der Waals surface area contributed by atoms with Crippen LogP contribution >= 0.6 is 0 Å². The van der Waals surface area contributed by atoms with Crippen molar-refractivity contribution in [3.8, 4) is 6.07 Å². The third-order valence-electron chi connectivity index (χ3n) is 3.66. The summed E-state index contributed by atoms with van der Waals surface area (Å²) in [7, 11) is 0. The van der Waals surface area contributed by atoms with Gasteiger partial charge in [-0.2, -0.15) is 10.4 Å². The number of aryl methyl sites for hydroxylation is 1. The highest BCUT2D eigenvalue weighted by molar-refractivity contribution is 5.94. The van der Waals surface area contributed by atoms with E-state index >= 15 is 0 Å². The van der Waals surface area contributed by atoms with Crippen molar-refractivity contribution in [2.45, 2.75) is 32.2 Å². The molecular formula is C15H15N5O. The topological polar surface area (TPSA) is 94.5 Å². The number of nitrogens with zero attached hydrogens (tertiary/aromatic N) is 3. The zero-order chi connectivity index (χ0) is 14.7. The lowest BCUT2D eigenvalue weighted by Gasteiger charge is -2.11. The Labute approximate surface area is 122 Å². The minimum absolute atomic E-state index is 0.176. The van der Waals surface area contributed by atoms with Gasteiger partial charge in [0.1, 0.15) is 11.8 Å². The van der Waals surface area contributed by atoms with Gasteiger partial charge in [-0.1, -0.05) is 0 Å². The van der Waals surface area contributed by atoms with Crippen molar-refractivity contribution in [3.05, 3.63) is 46.5 Å². The summed E-state index contributed by atoms with van der Waals surface area (Å²) in [6, 6.07) is 5.43. The van der Waals surface area contributed by atoms with Crippen LogP contribution < -0.4 is 5.32 Å². The number of aromatic nitrogens is 3. The molecule has 0 fully saturated rings. The van der Waals surface area contributed by atoms with Crippen molar-refractivity contribution >= 4 is 5.91 Å². The Bertz CT molecular complexity index is 713. The Balaban J connectivity index is 1.69. The van der Waals surface area contributed by atoms with Crippen molar-refractivity contribution in [1.82, 2.24) is 20.5 Å². The van der Waals surface area contributed by atoms with Gasteiger partial charge in [0, 0.05) is 24.0 Å². The first kappa shape index (κ1) is 13.3. The molecule has 2 N–H and O–H groups in total. The molecule has 106 valence electrons. The minimum atomic E-state index is -0.176. The van der Waals surface area contributed by atoms with Crippen molar-refractivity contribution in [2.24, 2.45) is 0 Å². The highest BCUT2D eigenvalue weighted by Gasteiger charge is 2.21. The number of rotatable bonds is 3. The first-order valence-corrected chi connectivity index (χ1v) is 6.97. The summed E-state index contributed by atoms with van der Waals surface area (Å²) < 4.78 is 0. The van der Waals surface area contributed by atoms with Crippen LogP contribution in [0.15, 0.2) is 18.3 Å². The quantitative estimate of drug-likeness (QED) is 0.891. The molecule has 3 rings (SSSR count). The molecule has 6 nitrogen and oxygen atoms in total. The lowest BCUT2D eigenvalue weighted by molar-refractivity contribution is 0.0945. The summed E-state index contributed by atoms with van der Waals surface area (Å²) in [6.07, 6.45) is 5.68. The summed E-state index contributed by atoms with van der Waals surface area (Å²) in [5.41, 5.74) is 3.82. The van der Waals surface area contributed by atoms with Gasteiger partial charge in [-0.3, -0.25) is 9.89 Å². The second-order valence-electron chi connectivity index (χ2n) is 5.08. The van der Waals surface area contributed by atoms with Crippen LogP contribution in [0.1, 0.15) is 45.8 Å². The van der Waals surface area contributed by atoms with Gasteiger partial charge in [0.2, 0.25) is 0 Å². The molecule has 0 saturated carbocycles. The third-order valence-corrected chi connectivity index (χ3v) is 3.66. The first-order chi connectivity index (χ1) is 10.3. The summed E-state index contributed by atoms with van der Waals surface area (Å²) in [5.74, 6) is -0.176. The maximum atomic E-state index is 12.2. The van der Waals surface area contributed by atoms with E-state index in [0.717, 1.165) is 42.5 Å². The SMILES string of the molecule is N#Cc1cc(CNC(=O)c2n[nH]c3c2CCCC3)ccn1. The molecule has 0 saturated heterocycles. The predicted molar refractivity (Wildman–Crippen MR) is 75.4 cm³/mol. The molecule has 0 spiro atoms. The third kappa shape index (κ3) is 2.77. The molecule has 2 aromatic rings. The number of aromatic amines is 1. The summed E-state index contributed by atoms with van der Waals surface area (Å²) in [6.45, 7) is 0.359. The standard InChI is InChI=1S/C15H15N5O/c16-8-11-7-10(5-6-17-11)9-18-15(21)14-12-3-1-2-4-13(12)19-20-14/h5-7H,1-4,9H2,(H,18,21)(H,19,20). The fourth-order valence-corrected chi connectivity index (χ4v) is 2.58. The molecule has 1 aliphatic rings. The fraction of sp³-hybridized carbons (Fsp3) is 0.333. The molecule has 0 aliphatic heterocycles. The van der Waals surface area contributed by atoms with E-state index in [-0.39, 0.29) is 5.91 Å². The average molecular weight is 281 g/mol. The number of pyridine rings is 1. The van der Waals surface area contributed by atoms with E-state index in [9.17, 15) is 4.79 Å². The second kappa shape index (κ2) is 5.75. The maximum absolute atomic E-state index is 12.2. The van der Waals surface area contributed by atoms with Gasteiger partial charge in [0.15, 0.2) is 5.69 Å². The van der Waals surface area contributed by atoms with Crippen LogP contribution in [0.3, 0.4) is 0 Å². The lowest BCUT2D eigenvalue weighted by atomic mass is 9.96. The Morgan fingerprint density at radius 1 is 1.43 bits per heavy atom. The minimum Gasteiger partial charge on any atom is -0.347 e. The lowest BCUT2D eigenvalue weighted by Crippen LogP contribution is -2.24. The molecule has 1 amide bonds. The van der Waals surface area contributed by atoms with Gasteiger partial charge >= 0.3 is 0 Å². The molecule has 1 aliphatic carbocycles. The molecule has 0 bridgehead atoms. The van der Waals surface area contributed by atoms with Crippen LogP contribution in [0.25, 0.3) is 0 Å². The molecule has 0 aromatic carbocycles. The number of carbonyl (C=O) groups excluding carboxylic acids is 1. The number of H-pyrrole nitrogens is 1. The highest BCUT2D eigenvalue weighted by atomic mass is 16.1. The number of nitriles is 1. The Morgan fingerprint density at radius 2 is 2.29 bits per heavy atom. The average Bonchev–Trinajstić information content (AvgIpc) is 2.97. The number of hydrogen-bond acceptors (Lipinski definition) is 4. The van der Waals surface area contributed by atoms with Crippen molar-refractivity contribution in [1.29, 1.82) is 5.26 Å². The Morgan fingerprint density at radius 3 is 3.14 bits per heavy atom. The molecule has 0 radical (unpaired) electrons. The molecule has 0 unspecified atom stereocenters. The first-order valence-electron chi connectivity index (χ1n) is 6.97. The van der Waals surface area contributed by atoms with Gasteiger partial charge in [-0.15, -0.1) is 0 Å². The van der Waals surface area contributed by atoms with Gasteiger partial charge in [-0.05, 0) is 43.4 Å². The largest absolute Gasteiger partial charge is 0.347 e. The normalized spacial score (nSPS) is 13.3. The van der Waals surface area contributed by atoms with E-state index in [1.54, 1.807) is 18.3 Å². The van der Waals surface area contributed by atoms with E-state index < -0.39 is 0 Å². The smallest absolute Gasteiger partial charge is 0.272 e. The summed E-state index contributed by atoms with van der Waals surface area (Å²) in [5, 5.41) is 18.8. The number of amides is 1. The molecule has 21 heavy (non-hydrogen) atoms. The van der Waals surface area contributed by atoms with Crippen LogP contribution in [0.2, 0.25) is 0 Å². The van der Waals surface area contributed by atoms with Crippen LogP contribution in [-0.4, -0.2) is 21.1 Å². The predicted octanol–water partition coefficient (Wildman–Crippen LogP) is 1.49. The van der Waals surface area contributed by atoms with Crippen molar-refractivity contribution < 1.29 is 4.79 Å². The van der Waals surface area contributed by atoms with Crippen molar-refractivity contribution in [2.75, 3.05) is 0 Å². The van der Waals surface area contributed by atoms with Crippen LogP contribution in [0.4, 0.5) is 0 Å². The fourth-order valence-electron chi connectivity index (χ4n) is 2.58. The maximum Gasteiger partial charge on any atom is 0.272 e. The van der Waals surface area contributed by atoms with Crippen LogP contribution in [0.5, 0.6) is 0 Å². The number of fused-ring (bicyclic) bond motifs is 1. The van der Waals surface area contributed by atoms with Crippen LogP contribution in [-0.2, 0) is 19.4 Å². The number of hydrogen-bond donors (Lipinski definition) is 2. The molecule has 6 heteroatoms. The van der Waals surface area contributed by atoms with Gasteiger partial charge < -0.3 is 5.32 Å². The summed E-state index contributed by atoms with van der Waals surface area (Å²) >= 11 is 0. The van der Waals surface area contributed by atoms with E-state index in [0.29, 0.717) is 17.9 Å². The molecule has 2 aromatic heterocycles. The Hall–Kier alpha value is -2.68. The van der Waals surface area contributed by atoms with E-state index in [1.807, 2.05) is 6.07 Å². The highest BCUT2D eigenvalue weighted by Crippen LogP contribution is 2.22. The van der Waals surface area contributed by atoms with Gasteiger partial charge in [-0.25, -0.2) is 4.98 Å². The Kier molecular flexibility index (Phi) is 3.65. The zero-order valence-electron chi connectivity index (χ0n) is 11.5. The van der Waals surface area contributed by atoms with E-state index in [2.05, 4.69) is 20.5 Å². The van der Waals surface area contributed by atoms with Crippen molar-refractivity contribution in [3.63, 3.8) is 0 Å². The van der Waals surface area contributed by atoms with Crippen LogP contribution in [0, 0.1) is 11.3 Å². The number of nitrogens with one attached hydrogen (secondary N) is 2. The monoisotopic (exact) mass is 281 g/mol. The second-order valence-corrected chi connectivity index (χ2v) is 5.08. The number of carbonyl (C=O) groups is 1. The summed E-state index contributed by atoms with van der Waals surface area (Å²) in [4.78, 5) is 16.1. The molecule has 2 heterocycles. The molecule has 0 atom stereocenters. The zero-order valence-corrected chi connectivity index (χ0v) is 11.5.